The molecule has 2 heteroatoms. The van der Waals surface area contributed by atoms with Gasteiger partial charge >= 0.3 is 0 Å². The molecule has 0 bridgehead atoms. The molecule has 12 heavy (non-hydrogen) atoms. The van der Waals surface area contributed by atoms with Gasteiger partial charge in [0.05, 0.1) is 5.60 Å². The molecule has 2 nitrogen and oxygen atoms in total. The summed E-state index contributed by atoms with van der Waals surface area (Å²) in [7, 11) is 0. The average molecular weight is 168 g/mol. The Kier molecular flexibility index (Phi) is 4.52. The molecule has 0 saturated carbocycles. The van der Waals surface area contributed by atoms with Crippen LogP contribution in [0.2, 0.25) is 0 Å². The fourth-order valence-electron chi connectivity index (χ4n) is 0.742. The van der Waals surface area contributed by atoms with E-state index >= 15 is 0 Å². The molecule has 0 saturated heterocycles. The summed E-state index contributed by atoms with van der Waals surface area (Å²) in [5.41, 5.74) is -0.116. The molecule has 0 rings (SSSR count). The van der Waals surface area contributed by atoms with Crippen LogP contribution in [0.15, 0.2) is 24.3 Å². The van der Waals surface area contributed by atoms with Gasteiger partial charge < -0.3 is 5.11 Å². The van der Waals surface area contributed by atoms with E-state index in [9.17, 15) is 9.90 Å². The Morgan fingerprint density at radius 2 is 2.25 bits per heavy atom. The topological polar surface area (TPSA) is 37.3 Å². The van der Waals surface area contributed by atoms with Crippen molar-refractivity contribution in [2.24, 2.45) is 0 Å². The summed E-state index contributed by atoms with van der Waals surface area (Å²) >= 11 is 0. The summed E-state index contributed by atoms with van der Waals surface area (Å²) in [6, 6.07) is 0. The van der Waals surface area contributed by atoms with Crippen LogP contribution in [0.1, 0.15) is 26.7 Å². The Hall–Kier alpha value is -0.890. The zero-order chi connectivity index (χ0) is 9.61. The van der Waals surface area contributed by atoms with Crippen molar-refractivity contribution >= 4 is 6.29 Å². The summed E-state index contributed by atoms with van der Waals surface area (Å²) in [6.45, 7) is 6.95. The van der Waals surface area contributed by atoms with Crippen LogP contribution in [-0.4, -0.2) is 17.0 Å². The minimum atomic E-state index is -0.820. The summed E-state index contributed by atoms with van der Waals surface area (Å²) in [5.74, 6) is 0. The van der Waals surface area contributed by atoms with E-state index in [0.29, 0.717) is 18.4 Å². The highest BCUT2D eigenvalue weighted by Gasteiger charge is 2.12. The molecule has 68 valence electrons. The van der Waals surface area contributed by atoms with E-state index in [1.165, 1.54) is 6.08 Å². The highest BCUT2D eigenvalue weighted by atomic mass is 16.3. The van der Waals surface area contributed by atoms with E-state index in [2.05, 4.69) is 6.58 Å². The highest BCUT2D eigenvalue weighted by molar-refractivity contribution is 5.71. The van der Waals surface area contributed by atoms with Crippen molar-refractivity contribution in [3.05, 3.63) is 24.3 Å². The Labute approximate surface area is 73.6 Å². The second-order valence-electron chi connectivity index (χ2n) is 3.17. The molecule has 0 radical (unpaired) electrons. The summed E-state index contributed by atoms with van der Waals surface area (Å²) in [5, 5.41) is 9.47. The Morgan fingerprint density at radius 1 is 1.67 bits per heavy atom. The molecule has 0 aromatic carbocycles. The number of hydrogen-bond donors (Lipinski definition) is 1. The fourth-order valence-corrected chi connectivity index (χ4v) is 0.742. The van der Waals surface area contributed by atoms with Gasteiger partial charge in [-0.1, -0.05) is 12.2 Å². The third kappa shape index (κ3) is 4.85. The normalized spacial score (nSPS) is 16.8. The van der Waals surface area contributed by atoms with Gasteiger partial charge in [0.2, 0.25) is 0 Å². The molecular formula is C10H16O2. The second-order valence-corrected chi connectivity index (χ2v) is 3.17. The van der Waals surface area contributed by atoms with E-state index in [-0.39, 0.29) is 0 Å². The number of hydrogen-bond acceptors (Lipinski definition) is 2. The molecule has 0 aromatic rings. The first-order chi connectivity index (χ1) is 5.52. The zero-order valence-electron chi connectivity index (χ0n) is 7.71. The third-order valence-corrected chi connectivity index (χ3v) is 1.74. The van der Waals surface area contributed by atoms with Gasteiger partial charge in [0, 0.05) is 0 Å². The number of aliphatic hydroxyl groups is 1. The molecule has 0 aliphatic heterocycles. The summed E-state index contributed by atoms with van der Waals surface area (Å²) in [4.78, 5) is 10.2. The van der Waals surface area contributed by atoms with Crippen molar-refractivity contribution in [2.75, 3.05) is 0 Å². The van der Waals surface area contributed by atoms with Gasteiger partial charge in [-0.3, -0.25) is 4.79 Å². The van der Waals surface area contributed by atoms with Gasteiger partial charge in [-0.2, -0.15) is 0 Å². The number of aldehydes is 1. The SMILES string of the molecule is C=CC(C)(O)CC/C=C(\C)C=O. The highest BCUT2D eigenvalue weighted by Crippen LogP contribution is 2.13. The molecule has 1 N–H and O–H groups in total. The minimum absolute atomic E-state index is 0.599. The fraction of sp³-hybridized carbons (Fsp3) is 0.500. The summed E-state index contributed by atoms with van der Waals surface area (Å²) in [6.07, 6.45) is 5.43. The number of carbonyl (C=O) groups is 1. The second kappa shape index (κ2) is 4.88. The smallest absolute Gasteiger partial charge is 0.145 e. The van der Waals surface area contributed by atoms with Gasteiger partial charge in [-0.15, -0.1) is 6.58 Å². The lowest BCUT2D eigenvalue weighted by molar-refractivity contribution is -0.104. The first-order valence-electron chi connectivity index (χ1n) is 4.00. The van der Waals surface area contributed by atoms with E-state index in [1.54, 1.807) is 13.8 Å². The maximum atomic E-state index is 10.2. The molecule has 0 aliphatic carbocycles. The van der Waals surface area contributed by atoms with E-state index in [1.807, 2.05) is 6.08 Å². The predicted molar refractivity (Wildman–Crippen MR) is 49.9 cm³/mol. The van der Waals surface area contributed by atoms with E-state index in [0.717, 1.165) is 6.29 Å². The van der Waals surface area contributed by atoms with E-state index < -0.39 is 5.60 Å². The van der Waals surface area contributed by atoms with Gasteiger partial charge in [0.25, 0.3) is 0 Å². The monoisotopic (exact) mass is 168 g/mol. The van der Waals surface area contributed by atoms with Crippen molar-refractivity contribution in [2.45, 2.75) is 32.3 Å². The summed E-state index contributed by atoms with van der Waals surface area (Å²) < 4.78 is 0. The number of allylic oxidation sites excluding steroid dienone is 2. The van der Waals surface area contributed by atoms with Crippen molar-refractivity contribution < 1.29 is 9.90 Å². The lowest BCUT2D eigenvalue weighted by Crippen LogP contribution is -2.19. The van der Waals surface area contributed by atoms with Crippen LogP contribution in [0.4, 0.5) is 0 Å². The molecule has 0 amide bonds. The molecule has 0 aromatic heterocycles. The largest absolute Gasteiger partial charge is 0.386 e. The maximum Gasteiger partial charge on any atom is 0.145 e. The Bertz CT molecular complexity index is 190. The van der Waals surface area contributed by atoms with Crippen LogP contribution in [0.25, 0.3) is 0 Å². The predicted octanol–water partition coefficient (Wildman–Crippen LogP) is 1.85. The first-order valence-corrected chi connectivity index (χ1v) is 4.00. The molecular weight excluding hydrogens is 152 g/mol. The molecule has 0 aliphatic rings. The van der Waals surface area contributed by atoms with Gasteiger partial charge in [0.15, 0.2) is 0 Å². The van der Waals surface area contributed by atoms with Crippen LogP contribution < -0.4 is 0 Å². The number of rotatable bonds is 5. The minimum Gasteiger partial charge on any atom is -0.386 e. The van der Waals surface area contributed by atoms with Crippen molar-refractivity contribution in [3.8, 4) is 0 Å². The molecule has 1 unspecified atom stereocenters. The van der Waals surface area contributed by atoms with Gasteiger partial charge in [0.1, 0.15) is 6.29 Å². The van der Waals surface area contributed by atoms with Gasteiger partial charge in [-0.25, -0.2) is 0 Å². The first kappa shape index (κ1) is 11.1. The van der Waals surface area contributed by atoms with Crippen molar-refractivity contribution in [1.29, 1.82) is 0 Å². The Morgan fingerprint density at radius 3 is 2.67 bits per heavy atom. The lowest BCUT2D eigenvalue weighted by atomic mass is 10.00. The maximum absolute atomic E-state index is 10.2. The van der Waals surface area contributed by atoms with Gasteiger partial charge in [-0.05, 0) is 32.3 Å². The molecule has 0 heterocycles. The molecule has 1 atom stereocenters. The van der Waals surface area contributed by atoms with Crippen molar-refractivity contribution in [1.82, 2.24) is 0 Å². The molecule has 0 fully saturated rings. The quantitative estimate of drug-likeness (QED) is 0.386. The van der Waals surface area contributed by atoms with Crippen molar-refractivity contribution in [3.63, 3.8) is 0 Å². The van der Waals surface area contributed by atoms with Crippen LogP contribution in [0.3, 0.4) is 0 Å². The van der Waals surface area contributed by atoms with Crippen LogP contribution in [0, 0.1) is 0 Å². The lowest BCUT2D eigenvalue weighted by Gasteiger charge is -2.16. The third-order valence-electron chi connectivity index (χ3n) is 1.74. The van der Waals surface area contributed by atoms with Crippen LogP contribution in [0.5, 0.6) is 0 Å². The van der Waals surface area contributed by atoms with Crippen LogP contribution in [-0.2, 0) is 4.79 Å². The molecule has 0 spiro atoms. The van der Waals surface area contributed by atoms with E-state index in [4.69, 9.17) is 0 Å². The average Bonchev–Trinajstić information content (AvgIpc) is 2.04. The van der Waals surface area contributed by atoms with Crippen LogP contribution >= 0.6 is 0 Å². The Balaban J connectivity index is 3.84. The standard InChI is InChI=1S/C10H16O2/c1-4-10(3,12)7-5-6-9(2)8-11/h4,6,8,12H,1,5,7H2,2-3H3/b9-6+. The zero-order valence-corrected chi connectivity index (χ0v) is 7.71. The number of carbonyl (C=O) groups excluding carboxylic acids is 1.